The monoisotopic (exact) mass is 361 g/mol. The highest BCUT2D eigenvalue weighted by atomic mass is 16.6. The first kappa shape index (κ1) is 19.3. The Balaban J connectivity index is 1.66. The average molecular weight is 361 g/mol. The van der Waals surface area contributed by atoms with Gasteiger partial charge in [0.15, 0.2) is 0 Å². The van der Waals surface area contributed by atoms with Gasteiger partial charge in [-0.25, -0.2) is 0 Å². The Kier molecular flexibility index (Phi) is 7.47. The van der Waals surface area contributed by atoms with Crippen LogP contribution >= 0.6 is 0 Å². The second-order valence-electron chi connectivity index (χ2n) is 5.29. The Labute approximate surface area is 149 Å². The summed E-state index contributed by atoms with van der Waals surface area (Å²) in [5, 5.41) is 24.6. The predicted molar refractivity (Wildman–Crippen MR) is 95.2 cm³/mol. The first-order valence-electron chi connectivity index (χ1n) is 7.94. The quantitative estimate of drug-likeness (QED) is 0.371. The van der Waals surface area contributed by atoms with Gasteiger partial charge in [-0.05, 0) is 11.6 Å². The molecule has 0 aromatic heterocycles. The van der Waals surface area contributed by atoms with E-state index >= 15 is 0 Å². The van der Waals surface area contributed by atoms with Crippen molar-refractivity contribution in [1.82, 2.24) is 0 Å². The number of benzene rings is 2. The summed E-state index contributed by atoms with van der Waals surface area (Å²) >= 11 is 0. The lowest BCUT2D eigenvalue weighted by molar-refractivity contribution is -0.393. The molecule has 26 heavy (non-hydrogen) atoms. The highest BCUT2D eigenvalue weighted by Crippen LogP contribution is 2.28. The molecule has 0 saturated heterocycles. The van der Waals surface area contributed by atoms with Crippen LogP contribution in [0.15, 0.2) is 48.5 Å². The minimum absolute atomic E-state index is 0.213. The van der Waals surface area contributed by atoms with E-state index in [0.717, 1.165) is 11.6 Å². The number of nitrogens with one attached hydrogen (secondary N) is 1. The van der Waals surface area contributed by atoms with Gasteiger partial charge >= 0.3 is 0 Å². The Hall–Kier alpha value is -3.04. The smallest absolute Gasteiger partial charge is 0.299 e. The molecule has 0 aliphatic carbocycles. The van der Waals surface area contributed by atoms with Crippen molar-refractivity contribution in [3.63, 3.8) is 0 Å². The number of hydrogen-bond acceptors (Lipinski definition) is 7. The van der Waals surface area contributed by atoms with Gasteiger partial charge in [0.1, 0.15) is 5.69 Å². The van der Waals surface area contributed by atoms with E-state index in [1.54, 1.807) is 0 Å². The Bertz CT molecular complexity index is 739. The summed E-state index contributed by atoms with van der Waals surface area (Å²) in [7, 11) is 0. The molecule has 0 amide bonds. The summed E-state index contributed by atoms with van der Waals surface area (Å²) in [5.74, 6) is 0. The van der Waals surface area contributed by atoms with Crippen molar-refractivity contribution in [3.8, 4) is 0 Å². The van der Waals surface area contributed by atoms with Crippen molar-refractivity contribution >= 4 is 17.1 Å². The maximum atomic E-state index is 11.0. The number of nitrogens with zero attached hydrogens (tertiary/aromatic N) is 2. The molecule has 0 unspecified atom stereocenters. The second-order valence-corrected chi connectivity index (χ2v) is 5.29. The average Bonchev–Trinajstić information content (AvgIpc) is 2.64. The van der Waals surface area contributed by atoms with E-state index in [0.29, 0.717) is 33.0 Å². The van der Waals surface area contributed by atoms with Crippen molar-refractivity contribution in [3.05, 3.63) is 74.3 Å². The molecule has 0 saturated carbocycles. The molecule has 2 aromatic rings. The summed E-state index contributed by atoms with van der Waals surface area (Å²) in [4.78, 5) is 20.4. The van der Waals surface area contributed by atoms with Gasteiger partial charge in [-0.1, -0.05) is 30.3 Å². The van der Waals surface area contributed by atoms with Crippen molar-refractivity contribution in [2.45, 2.75) is 6.61 Å². The van der Waals surface area contributed by atoms with E-state index in [2.05, 4.69) is 5.32 Å². The Morgan fingerprint density at radius 2 is 1.62 bits per heavy atom. The molecule has 0 aliphatic rings. The fourth-order valence-electron chi connectivity index (χ4n) is 2.18. The zero-order valence-electron chi connectivity index (χ0n) is 14.0. The fourth-order valence-corrected chi connectivity index (χ4v) is 2.18. The molecule has 1 N–H and O–H groups in total. The van der Waals surface area contributed by atoms with Crippen LogP contribution in [0.4, 0.5) is 17.1 Å². The second kappa shape index (κ2) is 10.1. The molecule has 9 heteroatoms. The van der Waals surface area contributed by atoms with Crippen molar-refractivity contribution in [1.29, 1.82) is 0 Å². The van der Waals surface area contributed by atoms with Crippen LogP contribution in [0.25, 0.3) is 0 Å². The number of ether oxygens (including phenoxy) is 2. The van der Waals surface area contributed by atoms with E-state index in [-0.39, 0.29) is 17.1 Å². The molecule has 2 aromatic carbocycles. The summed E-state index contributed by atoms with van der Waals surface area (Å²) in [6.07, 6.45) is 0. The van der Waals surface area contributed by atoms with Gasteiger partial charge in [0.05, 0.1) is 42.3 Å². The lowest BCUT2D eigenvalue weighted by Crippen LogP contribution is -2.13. The van der Waals surface area contributed by atoms with E-state index in [1.807, 2.05) is 30.3 Å². The molecule has 0 heterocycles. The van der Waals surface area contributed by atoms with Crippen LogP contribution < -0.4 is 5.32 Å². The van der Waals surface area contributed by atoms with Gasteiger partial charge in [-0.15, -0.1) is 0 Å². The van der Waals surface area contributed by atoms with Crippen LogP contribution in [0.3, 0.4) is 0 Å². The first-order chi connectivity index (χ1) is 12.6. The van der Waals surface area contributed by atoms with Crippen LogP contribution in [0.5, 0.6) is 0 Å². The van der Waals surface area contributed by atoms with Gasteiger partial charge < -0.3 is 14.8 Å². The molecule has 0 aliphatic heterocycles. The Morgan fingerprint density at radius 1 is 0.885 bits per heavy atom. The van der Waals surface area contributed by atoms with E-state index in [9.17, 15) is 20.2 Å². The molecule has 2 rings (SSSR count). The van der Waals surface area contributed by atoms with Gasteiger partial charge in [0.25, 0.3) is 11.4 Å². The van der Waals surface area contributed by atoms with E-state index in [4.69, 9.17) is 9.47 Å². The van der Waals surface area contributed by atoms with Gasteiger partial charge in [-0.2, -0.15) is 0 Å². The third kappa shape index (κ3) is 6.11. The number of anilines is 1. The first-order valence-corrected chi connectivity index (χ1v) is 7.94. The van der Waals surface area contributed by atoms with Gasteiger partial charge in [-0.3, -0.25) is 20.2 Å². The van der Waals surface area contributed by atoms with Crippen LogP contribution in [0.2, 0.25) is 0 Å². The number of hydrogen-bond donors (Lipinski definition) is 1. The van der Waals surface area contributed by atoms with Crippen LogP contribution in [0.1, 0.15) is 5.56 Å². The van der Waals surface area contributed by atoms with Gasteiger partial charge in [0.2, 0.25) is 0 Å². The lowest BCUT2D eigenvalue weighted by atomic mass is 10.2. The number of rotatable bonds is 11. The normalized spacial score (nSPS) is 10.5. The molecule has 9 nitrogen and oxygen atoms in total. The molecule has 138 valence electrons. The largest absolute Gasteiger partial charge is 0.377 e. The zero-order chi connectivity index (χ0) is 18.8. The summed E-state index contributed by atoms with van der Waals surface area (Å²) in [5.41, 5.74) is 0.628. The highest BCUT2D eigenvalue weighted by molar-refractivity contribution is 5.65. The topological polar surface area (TPSA) is 117 Å². The molecule has 0 fully saturated rings. The Morgan fingerprint density at radius 3 is 2.31 bits per heavy atom. The van der Waals surface area contributed by atoms with E-state index < -0.39 is 9.85 Å². The summed E-state index contributed by atoms with van der Waals surface area (Å²) < 4.78 is 10.9. The van der Waals surface area contributed by atoms with Crippen molar-refractivity contribution in [2.75, 3.05) is 31.7 Å². The number of nitro benzene ring substituents is 2. The zero-order valence-corrected chi connectivity index (χ0v) is 14.0. The predicted octanol–water partition coefficient (Wildman–Crippen LogP) is 3.15. The standard InChI is InChI=1S/C17H19N3O6/c21-19(22)15-6-7-16(17(12-15)20(23)24)18-8-9-25-10-11-26-13-14-4-2-1-3-5-14/h1-7,12,18H,8-11,13H2. The maximum absolute atomic E-state index is 11.0. The molecule has 0 spiro atoms. The summed E-state index contributed by atoms with van der Waals surface area (Å²) in [6.45, 7) is 2.00. The van der Waals surface area contributed by atoms with Crippen LogP contribution in [-0.4, -0.2) is 36.2 Å². The SMILES string of the molecule is O=[N+]([O-])c1ccc(NCCOCCOCc2ccccc2)c([N+](=O)[O-])c1. The fraction of sp³-hybridized carbons (Fsp3) is 0.294. The van der Waals surface area contributed by atoms with Crippen molar-refractivity contribution < 1.29 is 19.3 Å². The molecule has 0 bridgehead atoms. The lowest BCUT2D eigenvalue weighted by Gasteiger charge is -2.08. The third-order valence-corrected chi connectivity index (χ3v) is 3.43. The van der Waals surface area contributed by atoms with E-state index in [1.165, 1.54) is 12.1 Å². The molecule has 0 radical (unpaired) electrons. The number of nitro groups is 2. The minimum atomic E-state index is -0.671. The minimum Gasteiger partial charge on any atom is -0.377 e. The van der Waals surface area contributed by atoms with Crippen LogP contribution in [0, 0.1) is 20.2 Å². The van der Waals surface area contributed by atoms with Gasteiger partial charge in [0, 0.05) is 12.6 Å². The maximum Gasteiger partial charge on any atom is 0.299 e. The molecule has 0 atom stereocenters. The molecular weight excluding hydrogens is 342 g/mol. The van der Waals surface area contributed by atoms with Crippen molar-refractivity contribution in [2.24, 2.45) is 0 Å². The highest BCUT2D eigenvalue weighted by Gasteiger charge is 2.18. The third-order valence-electron chi connectivity index (χ3n) is 3.43. The number of non-ortho nitro benzene ring substituents is 1. The molecular formula is C17H19N3O6. The van der Waals surface area contributed by atoms with Crippen LogP contribution in [-0.2, 0) is 16.1 Å². The summed E-state index contributed by atoms with van der Waals surface area (Å²) in [6, 6.07) is 13.2.